The van der Waals surface area contributed by atoms with Gasteiger partial charge >= 0.3 is 6.03 Å². The van der Waals surface area contributed by atoms with E-state index in [-0.39, 0.29) is 12.3 Å². The lowest BCUT2D eigenvalue weighted by molar-refractivity contribution is -0.115. The van der Waals surface area contributed by atoms with Gasteiger partial charge in [-0.2, -0.15) is 0 Å². The van der Waals surface area contributed by atoms with Gasteiger partial charge < -0.3 is 10.1 Å². The number of benzene rings is 2. The number of hydrogen-bond donors (Lipinski definition) is 2. The summed E-state index contributed by atoms with van der Waals surface area (Å²) in [6.07, 6.45) is 1.55. The first-order valence-corrected chi connectivity index (χ1v) is 8.67. The summed E-state index contributed by atoms with van der Waals surface area (Å²) in [4.78, 5) is 22.9. The highest BCUT2D eigenvalue weighted by Crippen LogP contribution is 2.28. The maximum Gasteiger partial charge on any atom is 0.326 e. The normalized spacial score (nSPS) is 15.2. The molecule has 0 spiro atoms. The predicted octanol–water partition coefficient (Wildman–Crippen LogP) is 4.52. The van der Waals surface area contributed by atoms with E-state index in [9.17, 15) is 9.59 Å². The molecule has 8 heteroatoms. The van der Waals surface area contributed by atoms with Gasteiger partial charge in [0, 0.05) is 25.6 Å². The van der Waals surface area contributed by atoms with Crippen LogP contribution in [0.15, 0.2) is 46.6 Å². The van der Waals surface area contributed by atoms with Gasteiger partial charge in [-0.1, -0.05) is 45.2 Å². The van der Waals surface area contributed by atoms with Gasteiger partial charge in [0.15, 0.2) is 0 Å². The van der Waals surface area contributed by atoms with E-state index in [4.69, 9.17) is 27.9 Å². The fourth-order valence-corrected chi connectivity index (χ4v) is 3.04. The molecule has 3 amide bonds. The Morgan fingerprint density at radius 3 is 2.56 bits per heavy atom. The maximum atomic E-state index is 11.7. The van der Waals surface area contributed by atoms with E-state index in [0.717, 1.165) is 10.0 Å². The van der Waals surface area contributed by atoms with Crippen LogP contribution in [0.3, 0.4) is 0 Å². The third kappa shape index (κ3) is 4.34. The van der Waals surface area contributed by atoms with Gasteiger partial charge in [0.1, 0.15) is 18.1 Å². The van der Waals surface area contributed by atoms with E-state index in [2.05, 4.69) is 26.6 Å². The number of hydrogen-bond acceptors (Lipinski definition) is 3. The third-order valence-electron chi connectivity index (χ3n) is 3.39. The number of imide groups is 1. The zero-order chi connectivity index (χ0) is 18.0. The second-order valence-electron chi connectivity index (χ2n) is 5.17. The molecule has 5 nitrogen and oxygen atoms in total. The second kappa shape index (κ2) is 7.47. The summed E-state index contributed by atoms with van der Waals surface area (Å²) in [5.41, 5.74) is 1.56. The molecule has 3 rings (SSSR count). The van der Waals surface area contributed by atoms with Gasteiger partial charge in [-0.15, -0.1) is 0 Å². The summed E-state index contributed by atoms with van der Waals surface area (Å²) in [5, 5.41) is 5.65. The van der Waals surface area contributed by atoms with Gasteiger partial charge in [0.2, 0.25) is 0 Å². The Kier molecular flexibility index (Phi) is 5.32. The van der Waals surface area contributed by atoms with Crippen molar-refractivity contribution in [3.8, 4) is 5.75 Å². The molecule has 0 aliphatic carbocycles. The first kappa shape index (κ1) is 17.8. The van der Waals surface area contributed by atoms with E-state index in [1.54, 1.807) is 36.4 Å². The van der Waals surface area contributed by atoms with Crippen LogP contribution >= 0.6 is 39.1 Å². The number of halogens is 3. The molecular formula is C17H11BrCl2N2O3. The lowest BCUT2D eigenvalue weighted by Crippen LogP contribution is -2.22. The topological polar surface area (TPSA) is 67.4 Å². The van der Waals surface area contributed by atoms with Gasteiger partial charge in [0.25, 0.3) is 5.91 Å². The molecule has 0 unspecified atom stereocenters. The minimum absolute atomic E-state index is 0.150. The van der Waals surface area contributed by atoms with Crippen LogP contribution < -0.4 is 15.4 Å². The molecule has 128 valence electrons. The highest BCUT2D eigenvalue weighted by molar-refractivity contribution is 9.10. The molecule has 2 aromatic carbocycles. The first-order chi connectivity index (χ1) is 11.9. The number of carbonyl (C=O) groups is 2. The number of carbonyl (C=O) groups excluding carboxylic acids is 2. The van der Waals surface area contributed by atoms with Crippen molar-refractivity contribution in [1.82, 2.24) is 10.6 Å². The largest absolute Gasteiger partial charge is 0.488 e. The predicted molar refractivity (Wildman–Crippen MR) is 99.6 cm³/mol. The summed E-state index contributed by atoms with van der Waals surface area (Å²) in [5.74, 6) is 0.0485. The van der Waals surface area contributed by atoms with Gasteiger partial charge in [-0.25, -0.2) is 4.79 Å². The zero-order valence-electron chi connectivity index (χ0n) is 12.6. The Balaban J connectivity index is 1.85. The minimum Gasteiger partial charge on any atom is -0.488 e. The molecule has 0 aromatic heterocycles. The van der Waals surface area contributed by atoms with Crippen molar-refractivity contribution in [2.24, 2.45) is 0 Å². The Bertz CT molecular complexity index is 899. The van der Waals surface area contributed by atoms with Crippen LogP contribution in [-0.4, -0.2) is 11.9 Å². The fourth-order valence-electron chi connectivity index (χ4n) is 2.20. The number of amides is 3. The lowest BCUT2D eigenvalue weighted by Gasteiger charge is -2.11. The summed E-state index contributed by atoms with van der Waals surface area (Å²) >= 11 is 15.4. The van der Waals surface area contributed by atoms with E-state index >= 15 is 0 Å². The molecule has 1 aliphatic heterocycles. The highest BCUT2D eigenvalue weighted by Gasteiger charge is 2.23. The smallest absolute Gasteiger partial charge is 0.326 e. The summed E-state index contributed by atoms with van der Waals surface area (Å²) < 4.78 is 6.64. The van der Waals surface area contributed by atoms with Crippen LogP contribution in [-0.2, 0) is 11.4 Å². The quantitative estimate of drug-likeness (QED) is 0.541. The molecule has 1 heterocycles. The Labute approximate surface area is 162 Å². The van der Waals surface area contributed by atoms with E-state index in [0.29, 0.717) is 21.4 Å². The Hall–Kier alpha value is -2.02. The van der Waals surface area contributed by atoms with Crippen molar-refractivity contribution in [1.29, 1.82) is 0 Å². The Morgan fingerprint density at radius 1 is 1.08 bits per heavy atom. The molecule has 25 heavy (non-hydrogen) atoms. The maximum absolute atomic E-state index is 11.7. The number of urea groups is 1. The molecule has 2 aromatic rings. The molecule has 0 bridgehead atoms. The fraction of sp³-hybridized carbons (Fsp3) is 0.0588. The second-order valence-corrected chi connectivity index (χ2v) is 6.93. The lowest BCUT2D eigenvalue weighted by atomic mass is 10.1. The van der Waals surface area contributed by atoms with Crippen molar-refractivity contribution < 1.29 is 14.3 Å². The summed E-state index contributed by atoms with van der Waals surface area (Å²) in [6.45, 7) is 0.229. The molecule has 0 saturated carbocycles. The van der Waals surface area contributed by atoms with Crippen LogP contribution in [0.2, 0.25) is 10.0 Å². The van der Waals surface area contributed by atoms with Crippen molar-refractivity contribution >= 4 is 57.1 Å². The van der Waals surface area contributed by atoms with Crippen molar-refractivity contribution in [3.05, 3.63) is 67.7 Å². The van der Waals surface area contributed by atoms with Crippen LogP contribution in [0, 0.1) is 0 Å². The Morgan fingerprint density at radius 2 is 1.88 bits per heavy atom. The van der Waals surface area contributed by atoms with Crippen LogP contribution in [0.4, 0.5) is 4.79 Å². The molecule has 0 radical (unpaired) electrons. The third-order valence-corrected chi connectivity index (χ3v) is 4.47. The molecular weight excluding hydrogens is 431 g/mol. The van der Waals surface area contributed by atoms with Crippen LogP contribution in [0.1, 0.15) is 11.1 Å². The van der Waals surface area contributed by atoms with Crippen molar-refractivity contribution in [2.45, 2.75) is 6.61 Å². The van der Waals surface area contributed by atoms with E-state index < -0.39 is 11.9 Å². The van der Waals surface area contributed by atoms with Gasteiger partial charge in [-0.05, 0) is 36.4 Å². The average Bonchev–Trinajstić information content (AvgIpc) is 2.85. The zero-order valence-corrected chi connectivity index (χ0v) is 15.7. The molecule has 1 fully saturated rings. The van der Waals surface area contributed by atoms with Gasteiger partial charge in [-0.3, -0.25) is 10.1 Å². The van der Waals surface area contributed by atoms with Crippen LogP contribution in [0.5, 0.6) is 5.75 Å². The first-order valence-electron chi connectivity index (χ1n) is 7.12. The number of rotatable bonds is 4. The van der Waals surface area contributed by atoms with Crippen LogP contribution in [0.25, 0.3) is 6.08 Å². The van der Waals surface area contributed by atoms with E-state index in [1.807, 2.05) is 6.07 Å². The highest BCUT2D eigenvalue weighted by atomic mass is 79.9. The summed E-state index contributed by atoms with van der Waals surface area (Å²) in [7, 11) is 0. The summed E-state index contributed by atoms with van der Waals surface area (Å²) in [6, 6.07) is 9.96. The van der Waals surface area contributed by atoms with Crippen molar-refractivity contribution in [2.75, 3.05) is 0 Å². The molecule has 0 atom stereocenters. The molecule has 1 saturated heterocycles. The minimum atomic E-state index is -0.554. The SMILES string of the molecule is O=C1NC(=O)/C(=C\c2cc(Br)ccc2OCc2ccc(Cl)cc2Cl)N1. The molecule has 1 aliphatic rings. The monoisotopic (exact) mass is 440 g/mol. The van der Waals surface area contributed by atoms with E-state index in [1.165, 1.54) is 0 Å². The molecule has 2 N–H and O–H groups in total. The standard InChI is InChI=1S/C17H11BrCl2N2O3/c18-11-2-4-15(25-8-9-1-3-12(19)7-13(9)20)10(5-11)6-14-16(23)22-17(24)21-14/h1-7H,8H2,(H2,21,22,23,24)/b14-6+. The average molecular weight is 442 g/mol. The number of nitrogens with one attached hydrogen (secondary N) is 2. The van der Waals surface area contributed by atoms with Gasteiger partial charge in [0.05, 0.1) is 0 Å². The van der Waals surface area contributed by atoms with Crippen molar-refractivity contribution in [3.63, 3.8) is 0 Å². The number of ether oxygens (including phenoxy) is 1.